The molecule has 2 aromatic carbocycles. The summed E-state index contributed by atoms with van der Waals surface area (Å²) >= 11 is 6.08. The van der Waals surface area contributed by atoms with E-state index in [1.807, 2.05) is 76.6 Å². The molecule has 3 aromatic heterocycles. The van der Waals surface area contributed by atoms with Crippen molar-refractivity contribution in [1.82, 2.24) is 28.7 Å². The summed E-state index contributed by atoms with van der Waals surface area (Å²) < 4.78 is 4.07. The Kier molecular flexibility index (Phi) is 5.72. The Balaban J connectivity index is 1.10. The van der Waals surface area contributed by atoms with E-state index in [1.165, 1.54) is 5.56 Å². The molecule has 1 saturated heterocycles. The van der Waals surface area contributed by atoms with Crippen LogP contribution in [0.4, 0.5) is 0 Å². The van der Waals surface area contributed by atoms with E-state index in [2.05, 4.69) is 31.6 Å². The molecule has 176 valence electrons. The fraction of sp³-hybridized carbons (Fsp3) is 0.222. The van der Waals surface area contributed by atoms with Crippen molar-refractivity contribution < 1.29 is 4.79 Å². The highest BCUT2D eigenvalue weighted by molar-refractivity contribution is 6.30. The van der Waals surface area contributed by atoms with Gasteiger partial charge >= 0.3 is 0 Å². The second-order valence-electron chi connectivity index (χ2n) is 8.97. The summed E-state index contributed by atoms with van der Waals surface area (Å²) in [6.07, 6.45) is 5.73. The molecule has 35 heavy (non-hydrogen) atoms. The molecule has 0 saturated carbocycles. The number of hydrogen-bond donors (Lipinski definition) is 0. The molecule has 7 nitrogen and oxygen atoms in total. The van der Waals surface area contributed by atoms with Gasteiger partial charge in [-0.2, -0.15) is 0 Å². The predicted octanol–water partition coefficient (Wildman–Crippen LogP) is 4.34. The van der Waals surface area contributed by atoms with Crippen LogP contribution in [0.5, 0.6) is 0 Å². The molecule has 0 atom stereocenters. The molecule has 1 amide bonds. The van der Waals surface area contributed by atoms with Crippen molar-refractivity contribution in [3.8, 4) is 0 Å². The van der Waals surface area contributed by atoms with Gasteiger partial charge in [0.2, 0.25) is 0 Å². The Labute approximate surface area is 208 Å². The molecular formula is C27H25ClN6O. The average molecular weight is 485 g/mol. The van der Waals surface area contributed by atoms with Crippen molar-refractivity contribution in [2.24, 2.45) is 0 Å². The quantitative estimate of drug-likeness (QED) is 0.372. The number of halogens is 1. The van der Waals surface area contributed by atoms with Crippen LogP contribution in [-0.2, 0) is 13.1 Å². The highest BCUT2D eigenvalue weighted by atomic mass is 35.5. The van der Waals surface area contributed by atoms with Crippen LogP contribution >= 0.6 is 11.6 Å². The topological polar surface area (TPSA) is 58.7 Å². The van der Waals surface area contributed by atoms with Gasteiger partial charge in [0, 0.05) is 57.2 Å². The van der Waals surface area contributed by atoms with Crippen molar-refractivity contribution in [3.63, 3.8) is 0 Å². The molecule has 0 aliphatic carbocycles. The van der Waals surface area contributed by atoms with Gasteiger partial charge in [-0.25, -0.2) is 9.97 Å². The minimum atomic E-state index is 0.0616. The summed E-state index contributed by atoms with van der Waals surface area (Å²) in [6, 6.07) is 19.9. The maximum absolute atomic E-state index is 13.2. The molecule has 0 unspecified atom stereocenters. The molecule has 0 bridgehead atoms. The maximum atomic E-state index is 13.2. The summed E-state index contributed by atoms with van der Waals surface area (Å²) in [5, 5.41) is 0.690. The van der Waals surface area contributed by atoms with E-state index < -0.39 is 0 Å². The third-order valence-corrected chi connectivity index (χ3v) is 6.80. The second-order valence-corrected chi connectivity index (χ2v) is 9.41. The Morgan fingerprint density at radius 2 is 1.74 bits per heavy atom. The number of hydrogen-bond acceptors (Lipinski definition) is 4. The number of aromatic nitrogens is 4. The first-order chi connectivity index (χ1) is 17.1. The Morgan fingerprint density at radius 3 is 2.57 bits per heavy atom. The number of carbonyl (C=O) groups is 1. The SMILES string of the molecule is O=C(c1ccc2c(c1)ncn2Cc1ccccc1)N1CCN(Cc2cn3cc(Cl)ccc3n2)CC1. The third kappa shape index (κ3) is 4.52. The molecule has 0 N–H and O–H groups in total. The summed E-state index contributed by atoms with van der Waals surface area (Å²) in [7, 11) is 0. The number of piperazine rings is 1. The van der Waals surface area contributed by atoms with E-state index in [4.69, 9.17) is 11.6 Å². The Morgan fingerprint density at radius 1 is 0.914 bits per heavy atom. The number of imidazole rings is 2. The van der Waals surface area contributed by atoms with E-state index in [0.717, 1.165) is 48.6 Å². The fourth-order valence-corrected chi connectivity index (χ4v) is 4.89. The van der Waals surface area contributed by atoms with E-state index in [0.29, 0.717) is 23.7 Å². The smallest absolute Gasteiger partial charge is 0.254 e. The summed E-state index contributed by atoms with van der Waals surface area (Å²) in [5.74, 6) is 0.0616. The van der Waals surface area contributed by atoms with Crippen molar-refractivity contribution in [1.29, 1.82) is 0 Å². The van der Waals surface area contributed by atoms with E-state index in [-0.39, 0.29) is 5.91 Å². The van der Waals surface area contributed by atoms with Crippen molar-refractivity contribution in [2.45, 2.75) is 13.1 Å². The van der Waals surface area contributed by atoms with Crippen molar-refractivity contribution in [2.75, 3.05) is 26.2 Å². The minimum absolute atomic E-state index is 0.0616. The molecule has 1 aliphatic rings. The fourth-order valence-electron chi connectivity index (χ4n) is 4.72. The van der Waals surface area contributed by atoms with Crippen LogP contribution in [-0.4, -0.2) is 60.8 Å². The van der Waals surface area contributed by atoms with Gasteiger partial charge in [0.15, 0.2) is 0 Å². The highest BCUT2D eigenvalue weighted by Crippen LogP contribution is 2.19. The summed E-state index contributed by atoms with van der Waals surface area (Å²) in [5.41, 5.74) is 5.68. The zero-order valence-corrected chi connectivity index (χ0v) is 20.0. The number of nitrogens with zero attached hydrogens (tertiary/aromatic N) is 6. The van der Waals surface area contributed by atoms with Crippen LogP contribution in [0.2, 0.25) is 5.02 Å². The van der Waals surface area contributed by atoms with Crippen molar-refractivity contribution >= 4 is 34.2 Å². The van der Waals surface area contributed by atoms with Gasteiger partial charge in [-0.1, -0.05) is 41.9 Å². The Hall–Kier alpha value is -3.68. The lowest BCUT2D eigenvalue weighted by Gasteiger charge is -2.34. The molecular weight excluding hydrogens is 460 g/mol. The van der Waals surface area contributed by atoms with Gasteiger partial charge in [-0.3, -0.25) is 9.69 Å². The number of fused-ring (bicyclic) bond motifs is 2. The van der Waals surface area contributed by atoms with Gasteiger partial charge in [0.1, 0.15) is 5.65 Å². The molecule has 5 aromatic rings. The summed E-state index contributed by atoms with van der Waals surface area (Å²) in [6.45, 7) is 4.53. The Bertz CT molecular complexity index is 1500. The van der Waals surface area contributed by atoms with Crippen LogP contribution in [0.15, 0.2) is 79.4 Å². The minimum Gasteiger partial charge on any atom is -0.336 e. The van der Waals surface area contributed by atoms with Gasteiger partial charge in [-0.15, -0.1) is 0 Å². The molecule has 0 radical (unpaired) electrons. The number of benzene rings is 2. The van der Waals surface area contributed by atoms with Gasteiger partial charge in [0.25, 0.3) is 5.91 Å². The van der Waals surface area contributed by atoms with Gasteiger partial charge in [-0.05, 0) is 35.9 Å². The highest BCUT2D eigenvalue weighted by Gasteiger charge is 2.23. The molecule has 6 rings (SSSR count). The lowest BCUT2D eigenvalue weighted by atomic mass is 10.1. The van der Waals surface area contributed by atoms with Crippen LogP contribution < -0.4 is 0 Å². The van der Waals surface area contributed by atoms with Crippen LogP contribution in [0.1, 0.15) is 21.6 Å². The number of rotatable bonds is 5. The zero-order valence-electron chi connectivity index (χ0n) is 19.2. The first-order valence-corrected chi connectivity index (χ1v) is 12.1. The number of amides is 1. The van der Waals surface area contributed by atoms with E-state index in [1.54, 1.807) is 0 Å². The monoisotopic (exact) mass is 484 g/mol. The predicted molar refractivity (Wildman–Crippen MR) is 137 cm³/mol. The second kappa shape index (κ2) is 9.17. The first kappa shape index (κ1) is 21.8. The van der Waals surface area contributed by atoms with Crippen molar-refractivity contribution in [3.05, 3.63) is 101 Å². The average Bonchev–Trinajstić information content (AvgIpc) is 3.47. The van der Waals surface area contributed by atoms with Crippen LogP contribution in [0.3, 0.4) is 0 Å². The molecule has 0 spiro atoms. The third-order valence-electron chi connectivity index (χ3n) is 6.57. The largest absolute Gasteiger partial charge is 0.336 e. The molecule has 4 heterocycles. The standard InChI is InChI=1S/C27H25ClN6O/c28-22-7-9-26-30-23(18-33(26)16-22)17-31-10-12-32(13-11-31)27(35)21-6-8-25-24(14-21)29-19-34(25)15-20-4-2-1-3-5-20/h1-9,14,16,18-19H,10-13,15,17H2. The maximum Gasteiger partial charge on any atom is 0.254 e. The summed E-state index contributed by atoms with van der Waals surface area (Å²) in [4.78, 5) is 26.7. The van der Waals surface area contributed by atoms with E-state index in [9.17, 15) is 4.79 Å². The lowest BCUT2D eigenvalue weighted by Crippen LogP contribution is -2.48. The number of carbonyl (C=O) groups excluding carboxylic acids is 1. The van der Waals surface area contributed by atoms with E-state index >= 15 is 0 Å². The lowest BCUT2D eigenvalue weighted by molar-refractivity contribution is 0.0627. The van der Waals surface area contributed by atoms with Crippen LogP contribution in [0, 0.1) is 0 Å². The molecule has 1 aliphatic heterocycles. The van der Waals surface area contributed by atoms with Gasteiger partial charge in [0.05, 0.1) is 28.1 Å². The zero-order chi connectivity index (χ0) is 23.8. The molecule has 8 heteroatoms. The first-order valence-electron chi connectivity index (χ1n) is 11.8. The van der Waals surface area contributed by atoms with Crippen LogP contribution in [0.25, 0.3) is 16.7 Å². The normalized spacial score (nSPS) is 14.7. The van der Waals surface area contributed by atoms with Gasteiger partial charge < -0.3 is 13.9 Å². The molecule has 1 fully saturated rings. The number of pyridine rings is 1.